The monoisotopic (exact) mass is 313 g/mol. The summed E-state index contributed by atoms with van der Waals surface area (Å²) in [6, 6.07) is 12.3. The molecule has 3 N–H and O–H groups in total. The predicted molar refractivity (Wildman–Crippen MR) is 86.0 cm³/mol. The first kappa shape index (κ1) is 15.0. The second-order valence-electron chi connectivity index (χ2n) is 5.41. The maximum absolute atomic E-state index is 13.1. The molecule has 1 fully saturated rings. The topological polar surface area (TPSA) is 70.2 Å². The minimum atomic E-state index is -0.459. The van der Waals surface area contributed by atoms with E-state index >= 15 is 0 Å². The molecule has 0 atom stereocenters. The van der Waals surface area contributed by atoms with E-state index in [0.717, 1.165) is 12.8 Å². The van der Waals surface area contributed by atoms with Crippen LogP contribution in [0, 0.1) is 5.82 Å². The smallest absolute Gasteiger partial charge is 0.319 e. The summed E-state index contributed by atoms with van der Waals surface area (Å²) < 4.78 is 13.1. The lowest BCUT2D eigenvalue weighted by molar-refractivity contribution is 0.102. The molecule has 3 amide bonds. The quantitative estimate of drug-likeness (QED) is 0.810. The summed E-state index contributed by atoms with van der Waals surface area (Å²) in [5.74, 6) is -0.851. The molecule has 1 aliphatic carbocycles. The maximum atomic E-state index is 13.1. The molecule has 23 heavy (non-hydrogen) atoms. The van der Waals surface area contributed by atoms with Gasteiger partial charge in [-0.25, -0.2) is 9.18 Å². The molecule has 0 heterocycles. The third-order valence-electron chi connectivity index (χ3n) is 3.40. The Morgan fingerprint density at radius 2 is 1.61 bits per heavy atom. The van der Waals surface area contributed by atoms with Crippen LogP contribution in [0.1, 0.15) is 23.2 Å². The molecular weight excluding hydrogens is 297 g/mol. The Balaban J connectivity index is 1.58. The largest absolute Gasteiger partial charge is 0.335 e. The number of hydrogen-bond acceptors (Lipinski definition) is 2. The zero-order valence-corrected chi connectivity index (χ0v) is 12.3. The zero-order valence-electron chi connectivity index (χ0n) is 12.3. The third kappa shape index (κ3) is 4.29. The molecule has 118 valence electrons. The lowest BCUT2D eigenvalue weighted by atomic mass is 10.2. The van der Waals surface area contributed by atoms with Crippen LogP contribution in [0.5, 0.6) is 0 Å². The number of rotatable bonds is 4. The molecule has 0 bridgehead atoms. The van der Waals surface area contributed by atoms with Crippen molar-refractivity contribution >= 4 is 23.3 Å². The Hall–Kier alpha value is -2.89. The highest BCUT2D eigenvalue weighted by molar-refractivity contribution is 6.04. The number of carbonyl (C=O) groups excluding carboxylic acids is 2. The molecule has 1 aliphatic rings. The van der Waals surface area contributed by atoms with Gasteiger partial charge in [0.05, 0.1) is 0 Å². The Morgan fingerprint density at radius 3 is 2.22 bits per heavy atom. The van der Waals surface area contributed by atoms with Crippen LogP contribution in [0.4, 0.5) is 20.6 Å². The van der Waals surface area contributed by atoms with Crippen LogP contribution in [0.3, 0.4) is 0 Å². The average molecular weight is 313 g/mol. The molecule has 0 unspecified atom stereocenters. The van der Waals surface area contributed by atoms with Crippen LogP contribution < -0.4 is 16.0 Å². The Morgan fingerprint density at radius 1 is 0.957 bits per heavy atom. The van der Waals surface area contributed by atoms with Gasteiger partial charge in [-0.1, -0.05) is 6.07 Å². The molecule has 2 aromatic rings. The SMILES string of the molecule is O=C(Nc1ccc(NC(=O)c2cccc(F)c2)cc1)NC1CC1. The average Bonchev–Trinajstić information content (AvgIpc) is 3.33. The summed E-state index contributed by atoms with van der Waals surface area (Å²) >= 11 is 0. The number of urea groups is 1. The first-order chi connectivity index (χ1) is 11.1. The fraction of sp³-hybridized carbons (Fsp3) is 0.176. The van der Waals surface area contributed by atoms with Gasteiger partial charge >= 0.3 is 6.03 Å². The molecule has 0 saturated heterocycles. The van der Waals surface area contributed by atoms with E-state index in [0.29, 0.717) is 17.4 Å². The molecule has 5 nitrogen and oxygen atoms in total. The van der Waals surface area contributed by atoms with E-state index in [2.05, 4.69) is 16.0 Å². The fourth-order valence-corrected chi connectivity index (χ4v) is 2.05. The second kappa shape index (κ2) is 6.48. The van der Waals surface area contributed by atoms with Gasteiger partial charge in [-0.15, -0.1) is 0 Å². The highest BCUT2D eigenvalue weighted by Crippen LogP contribution is 2.19. The second-order valence-corrected chi connectivity index (χ2v) is 5.41. The van der Waals surface area contributed by atoms with Crippen LogP contribution in [0.2, 0.25) is 0 Å². The summed E-state index contributed by atoms with van der Waals surface area (Å²) in [6.07, 6.45) is 2.05. The Labute approximate surface area is 132 Å². The molecule has 3 rings (SSSR count). The van der Waals surface area contributed by atoms with Crippen molar-refractivity contribution in [2.24, 2.45) is 0 Å². The van der Waals surface area contributed by atoms with Crippen molar-refractivity contribution in [3.63, 3.8) is 0 Å². The van der Waals surface area contributed by atoms with Crippen molar-refractivity contribution in [2.75, 3.05) is 10.6 Å². The van der Waals surface area contributed by atoms with Crippen molar-refractivity contribution in [3.8, 4) is 0 Å². The van der Waals surface area contributed by atoms with Gasteiger partial charge in [0.2, 0.25) is 0 Å². The minimum absolute atomic E-state index is 0.232. The summed E-state index contributed by atoms with van der Waals surface area (Å²) in [5, 5.41) is 8.22. The first-order valence-electron chi connectivity index (χ1n) is 7.35. The van der Waals surface area contributed by atoms with Crippen LogP contribution >= 0.6 is 0 Å². The number of halogens is 1. The van der Waals surface area contributed by atoms with Crippen LogP contribution in [0.25, 0.3) is 0 Å². The lowest BCUT2D eigenvalue weighted by Crippen LogP contribution is -2.30. The molecule has 0 aromatic heterocycles. The van der Waals surface area contributed by atoms with Gasteiger partial charge in [0.25, 0.3) is 5.91 Å². The predicted octanol–water partition coefficient (Wildman–Crippen LogP) is 3.36. The summed E-state index contributed by atoms with van der Waals surface area (Å²) in [4.78, 5) is 23.6. The van der Waals surface area contributed by atoms with Crippen LogP contribution in [-0.4, -0.2) is 18.0 Å². The molecule has 0 radical (unpaired) electrons. The molecule has 1 saturated carbocycles. The highest BCUT2D eigenvalue weighted by Gasteiger charge is 2.23. The molecule has 0 spiro atoms. The Bertz CT molecular complexity index is 727. The van der Waals surface area contributed by atoms with E-state index in [4.69, 9.17) is 0 Å². The van der Waals surface area contributed by atoms with Crippen molar-refractivity contribution in [3.05, 3.63) is 59.9 Å². The fourth-order valence-electron chi connectivity index (χ4n) is 2.05. The maximum Gasteiger partial charge on any atom is 0.319 e. The highest BCUT2D eigenvalue weighted by atomic mass is 19.1. The molecule has 0 aliphatic heterocycles. The van der Waals surface area contributed by atoms with Gasteiger partial charge in [0.15, 0.2) is 0 Å². The number of benzene rings is 2. The van der Waals surface area contributed by atoms with E-state index in [1.165, 1.54) is 24.3 Å². The molecular formula is C17H16FN3O2. The number of nitrogens with one attached hydrogen (secondary N) is 3. The van der Waals surface area contributed by atoms with Crippen LogP contribution in [0.15, 0.2) is 48.5 Å². The minimum Gasteiger partial charge on any atom is -0.335 e. The van der Waals surface area contributed by atoms with E-state index in [9.17, 15) is 14.0 Å². The van der Waals surface area contributed by atoms with E-state index < -0.39 is 11.7 Å². The van der Waals surface area contributed by atoms with Gasteiger partial charge < -0.3 is 16.0 Å². The van der Waals surface area contributed by atoms with Crippen molar-refractivity contribution < 1.29 is 14.0 Å². The summed E-state index contributed by atoms with van der Waals surface area (Å²) in [5.41, 5.74) is 1.44. The van der Waals surface area contributed by atoms with Gasteiger partial charge in [-0.3, -0.25) is 4.79 Å². The van der Waals surface area contributed by atoms with Gasteiger partial charge in [-0.2, -0.15) is 0 Å². The first-order valence-corrected chi connectivity index (χ1v) is 7.35. The van der Waals surface area contributed by atoms with E-state index in [1.807, 2.05) is 0 Å². The van der Waals surface area contributed by atoms with Crippen molar-refractivity contribution in [2.45, 2.75) is 18.9 Å². The van der Waals surface area contributed by atoms with Crippen molar-refractivity contribution in [1.82, 2.24) is 5.32 Å². The lowest BCUT2D eigenvalue weighted by Gasteiger charge is -2.08. The zero-order chi connectivity index (χ0) is 16.2. The van der Waals surface area contributed by atoms with Crippen LogP contribution in [-0.2, 0) is 0 Å². The van der Waals surface area contributed by atoms with Gasteiger partial charge in [0.1, 0.15) is 5.82 Å². The normalized spacial score (nSPS) is 13.3. The number of carbonyl (C=O) groups is 2. The van der Waals surface area contributed by atoms with E-state index in [1.54, 1.807) is 24.3 Å². The Kier molecular flexibility index (Phi) is 4.23. The van der Waals surface area contributed by atoms with Crippen molar-refractivity contribution in [1.29, 1.82) is 0 Å². The number of anilines is 2. The standard InChI is InChI=1S/C17H16FN3O2/c18-12-3-1-2-11(10-12)16(22)19-13-4-6-14(7-5-13)20-17(23)21-15-8-9-15/h1-7,10,15H,8-9H2,(H,19,22)(H2,20,21,23). The summed E-state index contributed by atoms with van der Waals surface area (Å²) in [6.45, 7) is 0. The molecule has 6 heteroatoms. The van der Waals surface area contributed by atoms with Gasteiger partial charge in [0, 0.05) is 23.0 Å². The summed E-state index contributed by atoms with van der Waals surface area (Å²) in [7, 11) is 0. The number of hydrogen-bond donors (Lipinski definition) is 3. The van der Waals surface area contributed by atoms with Gasteiger partial charge in [-0.05, 0) is 55.3 Å². The number of amides is 3. The molecule has 2 aromatic carbocycles. The van der Waals surface area contributed by atoms with E-state index in [-0.39, 0.29) is 11.6 Å². The third-order valence-corrected chi connectivity index (χ3v) is 3.40.